The third kappa shape index (κ3) is 5.34. The van der Waals surface area contributed by atoms with Gasteiger partial charge >= 0.3 is 0 Å². The first-order valence-electron chi connectivity index (χ1n) is 7.21. The molecule has 0 fully saturated rings. The van der Waals surface area contributed by atoms with Crippen molar-refractivity contribution in [3.8, 4) is 0 Å². The van der Waals surface area contributed by atoms with E-state index in [1.165, 1.54) is 62.7 Å². The van der Waals surface area contributed by atoms with Crippen molar-refractivity contribution in [1.82, 2.24) is 0 Å². The lowest BCUT2D eigenvalue weighted by molar-refractivity contribution is -0.703. The quantitative estimate of drug-likeness (QED) is 0.465. The fraction of sp³-hybridized carbons (Fsp3) is 0.688. The monoisotopic (exact) mass is 234 g/mol. The minimum atomic E-state index is 1.18. The Hall–Kier alpha value is -0.850. The van der Waals surface area contributed by atoms with Gasteiger partial charge in [-0.05, 0) is 19.4 Å². The summed E-state index contributed by atoms with van der Waals surface area (Å²) in [6, 6.07) is 4.35. The number of hydrogen-bond donors (Lipinski definition) is 0. The van der Waals surface area contributed by atoms with Crippen molar-refractivity contribution in [2.24, 2.45) is 0 Å². The maximum absolute atomic E-state index is 2.39. The Balaban J connectivity index is 2.16. The van der Waals surface area contributed by atoms with Crippen LogP contribution in [0.1, 0.15) is 63.1 Å². The number of rotatable bonds is 8. The molecule has 0 saturated carbocycles. The highest BCUT2D eigenvalue weighted by molar-refractivity contribution is 5.11. The maximum atomic E-state index is 2.39. The van der Waals surface area contributed by atoms with E-state index in [1.807, 2.05) is 0 Å². The van der Waals surface area contributed by atoms with E-state index in [0.717, 1.165) is 0 Å². The van der Waals surface area contributed by atoms with Crippen LogP contribution in [0.3, 0.4) is 0 Å². The summed E-state index contributed by atoms with van der Waals surface area (Å²) in [5.41, 5.74) is 2.81. The van der Waals surface area contributed by atoms with E-state index in [-0.39, 0.29) is 0 Å². The van der Waals surface area contributed by atoms with Crippen molar-refractivity contribution in [3.05, 3.63) is 29.6 Å². The van der Waals surface area contributed by atoms with Crippen LogP contribution in [0.5, 0.6) is 0 Å². The second kappa shape index (κ2) is 8.27. The molecule has 0 aliphatic heterocycles. The van der Waals surface area contributed by atoms with Gasteiger partial charge in [0, 0.05) is 25.0 Å². The van der Waals surface area contributed by atoms with Crippen LogP contribution in [-0.2, 0) is 6.54 Å². The molecule has 0 bridgehead atoms. The molecule has 1 nitrogen and oxygen atoms in total. The van der Waals surface area contributed by atoms with Crippen molar-refractivity contribution < 1.29 is 4.57 Å². The van der Waals surface area contributed by atoms with E-state index in [9.17, 15) is 0 Å². The zero-order valence-electron chi connectivity index (χ0n) is 11.8. The summed E-state index contributed by atoms with van der Waals surface area (Å²) in [6.07, 6.45) is 11.9. The SMILES string of the molecule is CCCCCCCCC[n+]1cccc(C)c1C. The Labute approximate surface area is 107 Å². The number of aromatic nitrogens is 1. The second-order valence-electron chi connectivity index (χ2n) is 5.09. The van der Waals surface area contributed by atoms with Gasteiger partial charge in [0.1, 0.15) is 6.54 Å². The summed E-state index contributed by atoms with van der Waals surface area (Å²) in [7, 11) is 0. The lowest BCUT2D eigenvalue weighted by atomic mass is 10.1. The average Bonchev–Trinajstić information content (AvgIpc) is 2.33. The van der Waals surface area contributed by atoms with Gasteiger partial charge in [-0.3, -0.25) is 0 Å². The minimum absolute atomic E-state index is 1.18. The molecule has 1 aromatic heterocycles. The van der Waals surface area contributed by atoms with Gasteiger partial charge in [-0.2, -0.15) is 0 Å². The zero-order valence-corrected chi connectivity index (χ0v) is 11.8. The highest BCUT2D eigenvalue weighted by Gasteiger charge is 2.06. The normalized spacial score (nSPS) is 10.8. The third-order valence-corrected chi connectivity index (χ3v) is 3.62. The van der Waals surface area contributed by atoms with Crippen molar-refractivity contribution in [3.63, 3.8) is 0 Å². The molecule has 0 aromatic carbocycles. The molecule has 1 heterocycles. The van der Waals surface area contributed by atoms with Crippen molar-refractivity contribution in [2.45, 2.75) is 72.3 Å². The first-order valence-corrected chi connectivity index (χ1v) is 7.21. The number of nitrogens with zero attached hydrogens (tertiary/aromatic N) is 1. The van der Waals surface area contributed by atoms with Crippen molar-refractivity contribution in [2.75, 3.05) is 0 Å². The van der Waals surface area contributed by atoms with Crippen LogP contribution < -0.4 is 4.57 Å². The highest BCUT2D eigenvalue weighted by atomic mass is 14.9. The zero-order chi connectivity index (χ0) is 12.5. The lowest BCUT2D eigenvalue weighted by Gasteiger charge is -2.03. The van der Waals surface area contributed by atoms with Crippen LogP contribution >= 0.6 is 0 Å². The van der Waals surface area contributed by atoms with Crippen LogP contribution in [0, 0.1) is 13.8 Å². The Morgan fingerprint density at radius 1 is 0.941 bits per heavy atom. The number of hydrogen-bond acceptors (Lipinski definition) is 0. The van der Waals surface area contributed by atoms with Gasteiger partial charge in [-0.25, -0.2) is 4.57 Å². The highest BCUT2D eigenvalue weighted by Crippen LogP contribution is 2.07. The first kappa shape index (κ1) is 14.2. The van der Waals surface area contributed by atoms with Crippen LogP contribution in [-0.4, -0.2) is 0 Å². The molecule has 0 aliphatic rings. The summed E-state index contributed by atoms with van der Waals surface area (Å²) in [5.74, 6) is 0. The summed E-state index contributed by atoms with van der Waals surface area (Å²) in [4.78, 5) is 0. The van der Waals surface area contributed by atoms with E-state index in [0.29, 0.717) is 0 Å². The van der Waals surface area contributed by atoms with Crippen LogP contribution in [0.25, 0.3) is 0 Å². The van der Waals surface area contributed by atoms with Crippen LogP contribution in [0.4, 0.5) is 0 Å². The molecule has 0 atom stereocenters. The molecule has 0 radical (unpaired) electrons. The van der Waals surface area contributed by atoms with Crippen molar-refractivity contribution >= 4 is 0 Å². The first-order chi connectivity index (χ1) is 8.25. The van der Waals surface area contributed by atoms with Gasteiger partial charge in [0.15, 0.2) is 11.9 Å². The predicted octanol–water partition coefficient (Wildman–Crippen LogP) is 4.34. The van der Waals surface area contributed by atoms with E-state index in [2.05, 4.69) is 43.7 Å². The predicted molar refractivity (Wildman–Crippen MR) is 74.1 cm³/mol. The Morgan fingerprint density at radius 3 is 2.29 bits per heavy atom. The van der Waals surface area contributed by atoms with Gasteiger partial charge in [-0.15, -0.1) is 0 Å². The van der Waals surface area contributed by atoms with E-state index >= 15 is 0 Å². The summed E-state index contributed by atoms with van der Waals surface area (Å²) >= 11 is 0. The van der Waals surface area contributed by atoms with E-state index in [4.69, 9.17) is 0 Å². The number of aryl methyl sites for hydroxylation is 2. The number of unbranched alkanes of at least 4 members (excludes halogenated alkanes) is 6. The fourth-order valence-corrected chi connectivity index (χ4v) is 2.23. The summed E-state index contributed by atoms with van der Waals surface area (Å²) in [5, 5.41) is 0. The minimum Gasteiger partial charge on any atom is -0.202 e. The van der Waals surface area contributed by atoms with E-state index in [1.54, 1.807) is 0 Å². The Morgan fingerprint density at radius 2 is 1.59 bits per heavy atom. The van der Waals surface area contributed by atoms with Crippen molar-refractivity contribution in [1.29, 1.82) is 0 Å². The molecule has 0 saturated heterocycles. The van der Waals surface area contributed by atoms with Gasteiger partial charge < -0.3 is 0 Å². The standard InChI is InChI=1S/C16H28N/c1-4-5-6-7-8-9-10-13-17-14-11-12-15(2)16(17)3/h11-12,14H,4-10,13H2,1-3H3/q+1. The molecule has 0 N–H and O–H groups in total. The summed E-state index contributed by atoms with van der Waals surface area (Å²) in [6.45, 7) is 7.87. The molecule has 1 rings (SSSR count). The molecule has 1 aromatic rings. The largest absolute Gasteiger partial charge is 0.202 e. The fourth-order valence-electron chi connectivity index (χ4n) is 2.23. The van der Waals surface area contributed by atoms with Gasteiger partial charge in [-0.1, -0.05) is 39.0 Å². The van der Waals surface area contributed by atoms with Crippen LogP contribution in [0.2, 0.25) is 0 Å². The molecule has 96 valence electrons. The van der Waals surface area contributed by atoms with Crippen LogP contribution in [0.15, 0.2) is 18.3 Å². The average molecular weight is 234 g/mol. The molecule has 0 aliphatic carbocycles. The molecule has 0 unspecified atom stereocenters. The molecule has 17 heavy (non-hydrogen) atoms. The molecular weight excluding hydrogens is 206 g/mol. The Bertz CT molecular complexity index is 317. The topological polar surface area (TPSA) is 3.88 Å². The van der Waals surface area contributed by atoms with E-state index < -0.39 is 0 Å². The molecular formula is C16H28N+. The molecule has 0 amide bonds. The lowest BCUT2D eigenvalue weighted by Crippen LogP contribution is -2.37. The van der Waals surface area contributed by atoms with Gasteiger partial charge in [0.05, 0.1) is 0 Å². The van der Waals surface area contributed by atoms with Gasteiger partial charge in [0.2, 0.25) is 0 Å². The third-order valence-electron chi connectivity index (χ3n) is 3.62. The summed E-state index contributed by atoms with van der Waals surface area (Å²) < 4.78 is 2.39. The maximum Gasteiger partial charge on any atom is 0.181 e. The van der Waals surface area contributed by atoms with Gasteiger partial charge in [0.25, 0.3) is 0 Å². The Kier molecular flexibility index (Phi) is 6.91. The molecule has 1 heteroatoms. The number of pyridine rings is 1. The molecule has 0 spiro atoms. The second-order valence-corrected chi connectivity index (χ2v) is 5.09. The smallest absolute Gasteiger partial charge is 0.181 e.